The van der Waals surface area contributed by atoms with E-state index in [9.17, 15) is 4.79 Å². The van der Waals surface area contributed by atoms with E-state index in [0.717, 1.165) is 18.8 Å². The molecule has 5 aliphatic rings. The van der Waals surface area contributed by atoms with Crippen LogP contribution in [0.25, 0.3) is 0 Å². The summed E-state index contributed by atoms with van der Waals surface area (Å²) in [5.41, 5.74) is 5.63. The molecule has 0 radical (unpaired) electrons. The van der Waals surface area contributed by atoms with E-state index in [1.165, 1.54) is 57.8 Å². The lowest BCUT2D eigenvalue weighted by atomic mass is 9.35. The molecular weight excluding hydrogens is 376 g/mol. The predicted octanol–water partition coefficient (Wildman–Crippen LogP) is 8.52. The van der Waals surface area contributed by atoms with Crippen LogP contribution in [0.1, 0.15) is 126 Å². The molecule has 6 unspecified atom stereocenters. The first-order chi connectivity index (χ1) is 14.2. The number of allylic oxidation sites excluding steroid dienone is 2. The molecule has 0 N–H and O–H groups in total. The summed E-state index contributed by atoms with van der Waals surface area (Å²) in [4.78, 5) is 12.9. The average molecular weight is 425 g/mol. The molecule has 1 heteroatoms. The Morgan fingerprint density at radius 3 is 2.06 bits per heavy atom. The molecule has 5 aliphatic carbocycles. The molecule has 0 aromatic rings. The Morgan fingerprint density at radius 2 is 1.35 bits per heavy atom. The topological polar surface area (TPSA) is 17.1 Å². The molecule has 0 aromatic heterocycles. The summed E-state index contributed by atoms with van der Waals surface area (Å²) in [6.45, 7) is 20.2. The van der Waals surface area contributed by atoms with Crippen molar-refractivity contribution < 1.29 is 4.79 Å². The van der Waals surface area contributed by atoms with Gasteiger partial charge in [0.05, 0.1) is 0 Å². The quantitative estimate of drug-likeness (QED) is 0.356. The predicted molar refractivity (Wildman–Crippen MR) is 130 cm³/mol. The van der Waals surface area contributed by atoms with Crippen LogP contribution in [0.3, 0.4) is 0 Å². The maximum Gasteiger partial charge on any atom is 0.138 e. The third-order valence-corrected chi connectivity index (χ3v) is 12.7. The number of Topliss-reactive ketones (excluding diaryl/α,β-unsaturated/α-hetero) is 1. The Morgan fingerprint density at radius 1 is 0.677 bits per heavy atom. The minimum atomic E-state index is -0.147. The normalized spacial score (nSPS) is 50.8. The van der Waals surface area contributed by atoms with E-state index in [1.54, 1.807) is 0 Å². The zero-order valence-electron chi connectivity index (χ0n) is 21.8. The van der Waals surface area contributed by atoms with Crippen molar-refractivity contribution in [2.45, 2.75) is 126 Å². The summed E-state index contributed by atoms with van der Waals surface area (Å²) in [6, 6.07) is 0. The number of hydrogen-bond acceptors (Lipinski definition) is 1. The number of carbonyl (C=O) groups is 1. The van der Waals surface area contributed by atoms with Gasteiger partial charge < -0.3 is 0 Å². The van der Waals surface area contributed by atoms with E-state index in [1.807, 2.05) is 11.1 Å². The third kappa shape index (κ3) is 2.70. The van der Waals surface area contributed by atoms with Crippen molar-refractivity contribution in [2.24, 2.45) is 44.3 Å². The molecule has 31 heavy (non-hydrogen) atoms. The molecule has 0 aliphatic heterocycles. The maximum absolute atomic E-state index is 12.9. The van der Waals surface area contributed by atoms with Gasteiger partial charge in [0, 0.05) is 11.8 Å². The van der Waals surface area contributed by atoms with Crippen LogP contribution in [0.5, 0.6) is 0 Å². The van der Waals surface area contributed by atoms with Gasteiger partial charge in [0.2, 0.25) is 0 Å². The van der Waals surface area contributed by atoms with Gasteiger partial charge >= 0.3 is 0 Å². The number of fused-ring (bicyclic) bond motifs is 6. The van der Waals surface area contributed by atoms with Gasteiger partial charge in [0.1, 0.15) is 5.78 Å². The Labute approximate surface area is 192 Å². The minimum Gasteiger partial charge on any atom is -0.299 e. The second kappa shape index (κ2) is 6.29. The average Bonchev–Trinajstić information content (AvgIpc) is 2.68. The molecule has 3 saturated carbocycles. The molecule has 0 amide bonds. The van der Waals surface area contributed by atoms with Crippen LogP contribution in [-0.4, -0.2) is 5.78 Å². The van der Waals surface area contributed by atoms with Crippen molar-refractivity contribution in [2.75, 3.05) is 0 Å². The molecule has 174 valence electrons. The molecule has 0 heterocycles. The van der Waals surface area contributed by atoms with Gasteiger partial charge in [-0.3, -0.25) is 4.79 Å². The summed E-state index contributed by atoms with van der Waals surface area (Å²) >= 11 is 0. The van der Waals surface area contributed by atoms with E-state index in [0.29, 0.717) is 33.4 Å². The molecule has 0 spiro atoms. The number of ketones is 1. The molecule has 6 atom stereocenters. The van der Waals surface area contributed by atoms with Crippen LogP contribution in [0.15, 0.2) is 11.1 Å². The fourth-order valence-electron chi connectivity index (χ4n) is 10.3. The van der Waals surface area contributed by atoms with Crippen LogP contribution < -0.4 is 0 Å². The Hall–Kier alpha value is -0.590. The fraction of sp³-hybridized carbons (Fsp3) is 0.900. The second-order valence-electron chi connectivity index (χ2n) is 14.9. The summed E-state index contributed by atoms with van der Waals surface area (Å²) in [5, 5.41) is 0. The van der Waals surface area contributed by atoms with Gasteiger partial charge in [0.25, 0.3) is 0 Å². The van der Waals surface area contributed by atoms with Crippen molar-refractivity contribution in [1.29, 1.82) is 0 Å². The van der Waals surface area contributed by atoms with Gasteiger partial charge in [-0.05, 0) is 103 Å². The van der Waals surface area contributed by atoms with Crippen molar-refractivity contribution >= 4 is 5.78 Å². The van der Waals surface area contributed by atoms with Gasteiger partial charge in [-0.25, -0.2) is 0 Å². The first-order valence-electron chi connectivity index (χ1n) is 13.5. The largest absolute Gasteiger partial charge is 0.299 e. The molecule has 0 aromatic carbocycles. The first-order valence-corrected chi connectivity index (χ1v) is 13.5. The standard InChI is InChI=1S/C30H48O/c1-25(2)15-16-27(5)17-18-29(7)21-9-10-22-26(3,4)24(31)12-13-28(22,6)20(21)11-14-30(29,8)23(27)19-25/h22-23H,9-19H2,1-8H3. The first kappa shape index (κ1) is 22.2. The second-order valence-corrected chi connectivity index (χ2v) is 14.9. The van der Waals surface area contributed by atoms with Crippen LogP contribution in [0.2, 0.25) is 0 Å². The highest BCUT2D eigenvalue weighted by Crippen LogP contribution is 2.74. The lowest BCUT2D eigenvalue weighted by molar-refractivity contribution is -0.154. The van der Waals surface area contributed by atoms with Crippen LogP contribution in [-0.2, 0) is 4.79 Å². The van der Waals surface area contributed by atoms with E-state index >= 15 is 0 Å². The highest BCUT2D eigenvalue weighted by Gasteiger charge is 2.65. The summed E-state index contributed by atoms with van der Waals surface area (Å²) < 4.78 is 0. The summed E-state index contributed by atoms with van der Waals surface area (Å²) in [6.07, 6.45) is 14.1. The van der Waals surface area contributed by atoms with Gasteiger partial charge in [0.15, 0.2) is 0 Å². The number of carbonyl (C=O) groups excluding carboxylic acids is 1. The van der Waals surface area contributed by atoms with Crippen molar-refractivity contribution in [3.05, 3.63) is 11.1 Å². The van der Waals surface area contributed by atoms with Crippen molar-refractivity contribution in [3.63, 3.8) is 0 Å². The van der Waals surface area contributed by atoms with E-state index in [2.05, 4.69) is 55.4 Å². The number of hydrogen-bond donors (Lipinski definition) is 0. The van der Waals surface area contributed by atoms with Crippen molar-refractivity contribution in [3.8, 4) is 0 Å². The van der Waals surface area contributed by atoms with E-state index in [4.69, 9.17) is 0 Å². The van der Waals surface area contributed by atoms with E-state index in [-0.39, 0.29) is 10.8 Å². The molecule has 3 fully saturated rings. The maximum atomic E-state index is 12.9. The van der Waals surface area contributed by atoms with Crippen LogP contribution >= 0.6 is 0 Å². The van der Waals surface area contributed by atoms with E-state index < -0.39 is 0 Å². The lowest BCUT2D eigenvalue weighted by Gasteiger charge is -2.69. The van der Waals surface area contributed by atoms with Crippen molar-refractivity contribution in [1.82, 2.24) is 0 Å². The Bertz CT molecular complexity index is 844. The Balaban J connectivity index is 1.60. The number of rotatable bonds is 0. The Kier molecular flexibility index (Phi) is 4.51. The van der Waals surface area contributed by atoms with Gasteiger partial charge in [-0.1, -0.05) is 66.5 Å². The van der Waals surface area contributed by atoms with Gasteiger partial charge in [-0.15, -0.1) is 0 Å². The summed E-state index contributed by atoms with van der Waals surface area (Å²) in [7, 11) is 0. The third-order valence-electron chi connectivity index (χ3n) is 12.7. The van der Waals surface area contributed by atoms with Crippen LogP contribution in [0, 0.1) is 44.3 Å². The highest BCUT2D eigenvalue weighted by atomic mass is 16.1. The monoisotopic (exact) mass is 424 g/mol. The fourth-order valence-corrected chi connectivity index (χ4v) is 10.3. The van der Waals surface area contributed by atoms with Crippen LogP contribution in [0.4, 0.5) is 0 Å². The summed E-state index contributed by atoms with van der Waals surface area (Å²) in [5.74, 6) is 1.91. The zero-order valence-corrected chi connectivity index (χ0v) is 21.8. The SMILES string of the molecule is CC1(C)CCC2(C)CCC3(C)C4=C(CCC3(C)C2C1)C1(C)CCC(=O)C(C)(C)C1CC4. The molecular formula is C30H48O. The highest BCUT2D eigenvalue weighted by molar-refractivity contribution is 5.85. The molecule has 1 nitrogen and oxygen atoms in total. The molecule has 0 bridgehead atoms. The zero-order chi connectivity index (χ0) is 22.7. The lowest BCUT2D eigenvalue weighted by Crippen LogP contribution is -2.60. The smallest absolute Gasteiger partial charge is 0.138 e. The molecule has 5 rings (SSSR count). The molecule has 0 saturated heterocycles. The minimum absolute atomic E-state index is 0.147. The van der Waals surface area contributed by atoms with Gasteiger partial charge in [-0.2, -0.15) is 0 Å².